The molecule has 6 nitrogen and oxygen atoms in total. The van der Waals surface area contributed by atoms with E-state index in [1.807, 2.05) is 60.7 Å². The van der Waals surface area contributed by atoms with Crippen LogP contribution in [-0.4, -0.2) is 37.1 Å². The van der Waals surface area contributed by atoms with Crippen LogP contribution >= 0.6 is 0 Å². The third-order valence-electron chi connectivity index (χ3n) is 9.41. The summed E-state index contributed by atoms with van der Waals surface area (Å²) in [5, 5.41) is 20.2. The van der Waals surface area contributed by atoms with E-state index in [4.69, 9.17) is 9.97 Å². The van der Waals surface area contributed by atoms with Crippen LogP contribution in [0.5, 0.6) is 0 Å². The quantitative estimate of drug-likeness (QED) is 0.139. The fraction of sp³-hybridized carbons (Fsp3) is 0. The molecule has 51 heavy (non-hydrogen) atoms. The molecule has 0 fully saturated rings. The third kappa shape index (κ3) is 5.61. The van der Waals surface area contributed by atoms with Gasteiger partial charge in [-0.1, -0.05) is 115 Å². The fourth-order valence-corrected chi connectivity index (χ4v) is 7.09. The molecule has 5 heterocycles. The van der Waals surface area contributed by atoms with Crippen LogP contribution in [0.2, 0.25) is 0 Å². The van der Waals surface area contributed by atoms with Gasteiger partial charge in [-0.15, -0.1) is 0 Å². The zero-order chi connectivity index (χ0) is 34.3. The van der Waals surface area contributed by atoms with E-state index in [0.29, 0.717) is 5.46 Å². The summed E-state index contributed by atoms with van der Waals surface area (Å²) in [5.74, 6) is 0. The summed E-state index contributed by atoms with van der Waals surface area (Å²) < 4.78 is 0. The van der Waals surface area contributed by atoms with Gasteiger partial charge < -0.3 is 20.0 Å². The SMILES string of the molecule is OB(O)c1cccc(-c2c3nc(c(-c4ccccc4)c4ccc([nH]4)c(-c4ccccc4)c4nc(c(-c5ccccc5)c5ccc2[nH]5)C=C4)C=C3)c1. The van der Waals surface area contributed by atoms with Crippen molar-refractivity contribution in [2.75, 3.05) is 0 Å². The molecule has 4 N–H and O–H groups in total. The number of nitrogens with zero attached hydrogens (tertiary/aromatic N) is 2. The number of H-pyrrole nitrogens is 2. The van der Waals surface area contributed by atoms with Gasteiger partial charge in [0.15, 0.2) is 0 Å². The van der Waals surface area contributed by atoms with Gasteiger partial charge in [0.05, 0.1) is 22.8 Å². The number of aromatic amines is 2. The van der Waals surface area contributed by atoms with Crippen molar-refractivity contribution in [3.05, 3.63) is 162 Å². The number of hydrogen-bond donors (Lipinski definition) is 4. The lowest BCUT2D eigenvalue weighted by atomic mass is 9.79. The zero-order valence-corrected chi connectivity index (χ0v) is 27.5. The summed E-state index contributed by atoms with van der Waals surface area (Å²) in [7, 11) is -1.60. The molecule has 8 bridgehead atoms. The van der Waals surface area contributed by atoms with E-state index < -0.39 is 7.12 Å². The standard InChI is InChI=1S/C44H31BN4O2/c50-45(51)32-18-10-17-31(27-32)44-39-25-23-37(48-39)42(29-13-6-2-7-14-29)35-21-19-33(46-35)41(28-11-4-1-5-12-28)34-20-22-36(47-34)43(30-15-8-3-9-16-30)38-24-26-40(44)49-38/h1-27,46,49-51H. The number of aromatic nitrogens is 4. The van der Waals surface area contributed by atoms with Crippen molar-refractivity contribution < 1.29 is 10.0 Å². The number of nitrogens with one attached hydrogen (secondary N) is 2. The van der Waals surface area contributed by atoms with Gasteiger partial charge in [-0.25, -0.2) is 9.97 Å². The normalized spacial score (nSPS) is 12.0. The van der Waals surface area contributed by atoms with Crippen LogP contribution in [0.15, 0.2) is 140 Å². The lowest BCUT2D eigenvalue weighted by molar-refractivity contribution is 0.426. The van der Waals surface area contributed by atoms with E-state index in [9.17, 15) is 10.0 Å². The smallest absolute Gasteiger partial charge is 0.423 e. The number of fused-ring (bicyclic) bond motifs is 8. The molecule has 7 aromatic rings. The second kappa shape index (κ2) is 12.7. The fourth-order valence-electron chi connectivity index (χ4n) is 7.09. The van der Waals surface area contributed by atoms with Crippen molar-refractivity contribution >= 4 is 59.0 Å². The first kappa shape index (κ1) is 30.5. The third-order valence-corrected chi connectivity index (χ3v) is 9.41. The number of rotatable bonds is 5. The first-order valence-electron chi connectivity index (χ1n) is 16.9. The van der Waals surface area contributed by atoms with E-state index >= 15 is 0 Å². The Bertz CT molecular complexity index is 2620. The van der Waals surface area contributed by atoms with Crippen molar-refractivity contribution in [1.82, 2.24) is 19.9 Å². The molecule has 0 radical (unpaired) electrons. The largest absolute Gasteiger partial charge is 0.488 e. The van der Waals surface area contributed by atoms with E-state index in [-0.39, 0.29) is 0 Å². The maximum atomic E-state index is 10.1. The van der Waals surface area contributed by atoms with Crippen LogP contribution in [0, 0.1) is 0 Å². The topological polar surface area (TPSA) is 97.8 Å². The molecule has 2 aliphatic heterocycles. The first-order chi connectivity index (χ1) is 25.1. The number of benzene rings is 4. The first-order valence-corrected chi connectivity index (χ1v) is 16.9. The molecule has 0 saturated carbocycles. The minimum Gasteiger partial charge on any atom is -0.423 e. The molecule has 3 aromatic heterocycles. The van der Waals surface area contributed by atoms with Crippen molar-refractivity contribution in [2.24, 2.45) is 0 Å². The molecular formula is C44H31BN4O2. The molecule has 7 heteroatoms. The monoisotopic (exact) mass is 658 g/mol. The Hall–Kier alpha value is -6.54. The highest BCUT2D eigenvalue weighted by Crippen LogP contribution is 2.38. The van der Waals surface area contributed by atoms with E-state index in [0.717, 1.165) is 89.4 Å². The van der Waals surface area contributed by atoms with E-state index in [1.54, 1.807) is 12.1 Å². The van der Waals surface area contributed by atoms with Gasteiger partial charge in [-0.05, 0) is 76.3 Å². The zero-order valence-electron chi connectivity index (χ0n) is 27.5. The van der Waals surface area contributed by atoms with Gasteiger partial charge in [-0.3, -0.25) is 0 Å². The van der Waals surface area contributed by atoms with E-state index in [1.165, 1.54) is 0 Å². The van der Waals surface area contributed by atoms with Gasteiger partial charge >= 0.3 is 7.12 Å². The highest BCUT2D eigenvalue weighted by atomic mass is 16.4. The maximum absolute atomic E-state index is 10.1. The Morgan fingerprint density at radius 3 is 1.06 bits per heavy atom. The van der Waals surface area contributed by atoms with Crippen LogP contribution in [0.4, 0.5) is 0 Å². The molecule has 0 aliphatic carbocycles. The van der Waals surface area contributed by atoms with Gasteiger partial charge in [0.1, 0.15) is 0 Å². The molecule has 0 saturated heterocycles. The van der Waals surface area contributed by atoms with Gasteiger partial charge in [0, 0.05) is 44.3 Å². The van der Waals surface area contributed by atoms with Crippen molar-refractivity contribution in [3.8, 4) is 44.5 Å². The summed E-state index contributed by atoms with van der Waals surface area (Å²) in [6.07, 6.45) is 8.27. The average Bonchev–Trinajstić information content (AvgIpc) is 4.01. The van der Waals surface area contributed by atoms with Crippen LogP contribution < -0.4 is 5.46 Å². The Balaban J connectivity index is 1.47. The van der Waals surface area contributed by atoms with Crippen molar-refractivity contribution in [1.29, 1.82) is 0 Å². The van der Waals surface area contributed by atoms with Crippen LogP contribution in [0.3, 0.4) is 0 Å². The predicted octanol–water partition coefficient (Wildman–Crippen LogP) is 9.00. The molecular weight excluding hydrogens is 627 g/mol. The molecule has 242 valence electrons. The van der Waals surface area contributed by atoms with Gasteiger partial charge in [0.2, 0.25) is 0 Å². The maximum Gasteiger partial charge on any atom is 0.488 e. The second-order valence-corrected chi connectivity index (χ2v) is 12.6. The Morgan fingerprint density at radius 2 is 0.706 bits per heavy atom. The van der Waals surface area contributed by atoms with Crippen LogP contribution in [0.1, 0.15) is 22.8 Å². The molecule has 0 unspecified atom stereocenters. The van der Waals surface area contributed by atoms with E-state index in [2.05, 4.69) is 101 Å². The van der Waals surface area contributed by atoms with Crippen molar-refractivity contribution in [2.45, 2.75) is 0 Å². The van der Waals surface area contributed by atoms with Gasteiger partial charge in [-0.2, -0.15) is 0 Å². The lowest BCUT2D eigenvalue weighted by Gasteiger charge is -2.08. The number of hydrogen-bond acceptors (Lipinski definition) is 4. The van der Waals surface area contributed by atoms with Crippen LogP contribution in [0.25, 0.3) is 90.9 Å². The predicted molar refractivity (Wildman–Crippen MR) is 210 cm³/mol. The molecule has 2 aliphatic rings. The Labute approximate surface area is 295 Å². The second-order valence-electron chi connectivity index (χ2n) is 12.6. The molecule has 0 atom stereocenters. The molecule has 0 spiro atoms. The molecule has 0 amide bonds. The summed E-state index contributed by atoms with van der Waals surface area (Å²) in [6, 6.07) is 46.7. The lowest BCUT2D eigenvalue weighted by Crippen LogP contribution is -2.29. The van der Waals surface area contributed by atoms with Crippen molar-refractivity contribution in [3.63, 3.8) is 0 Å². The highest BCUT2D eigenvalue weighted by Gasteiger charge is 2.20. The van der Waals surface area contributed by atoms with Gasteiger partial charge in [0.25, 0.3) is 0 Å². The Kier molecular flexibility index (Phi) is 7.62. The summed E-state index contributed by atoms with van der Waals surface area (Å²) in [4.78, 5) is 18.1. The average molecular weight is 659 g/mol. The minimum absolute atomic E-state index is 0.400. The molecule has 9 rings (SSSR count). The summed E-state index contributed by atoms with van der Waals surface area (Å²) >= 11 is 0. The summed E-state index contributed by atoms with van der Waals surface area (Å²) in [6.45, 7) is 0. The Morgan fingerprint density at radius 1 is 0.373 bits per heavy atom. The molecule has 4 aromatic carbocycles. The summed E-state index contributed by atoms with van der Waals surface area (Å²) in [5.41, 5.74) is 15.0. The highest BCUT2D eigenvalue weighted by molar-refractivity contribution is 6.58. The van der Waals surface area contributed by atoms with Crippen LogP contribution in [-0.2, 0) is 0 Å². The minimum atomic E-state index is -1.60.